The first-order chi connectivity index (χ1) is 8.74. The van der Waals surface area contributed by atoms with Gasteiger partial charge in [-0.1, -0.05) is 20.8 Å². The van der Waals surface area contributed by atoms with Gasteiger partial charge in [-0.25, -0.2) is 0 Å². The fourth-order valence-electron chi connectivity index (χ4n) is 2.11. The fraction of sp³-hybridized carbons (Fsp3) is 0.714. The van der Waals surface area contributed by atoms with Gasteiger partial charge >= 0.3 is 0 Å². The molecule has 0 aliphatic heterocycles. The van der Waals surface area contributed by atoms with Gasteiger partial charge in [0.25, 0.3) is 0 Å². The molecule has 4 nitrogen and oxygen atoms in total. The maximum atomic E-state index is 8.62. The molecule has 0 amide bonds. The van der Waals surface area contributed by atoms with Gasteiger partial charge < -0.3 is 0 Å². The van der Waals surface area contributed by atoms with Crippen molar-refractivity contribution in [2.45, 2.75) is 52.6 Å². The summed E-state index contributed by atoms with van der Waals surface area (Å²) in [7, 11) is 0. The molecule has 0 aliphatic carbocycles. The molecule has 0 saturated carbocycles. The van der Waals surface area contributed by atoms with E-state index in [2.05, 4.69) is 53.8 Å². The first-order valence-electron chi connectivity index (χ1n) is 6.88. The van der Waals surface area contributed by atoms with Crippen LogP contribution in [0.2, 0.25) is 0 Å². The monoisotopic (exact) mass is 248 g/mol. The van der Waals surface area contributed by atoms with Gasteiger partial charge in [0.2, 0.25) is 0 Å². The first kappa shape index (κ1) is 14.7. The molecule has 1 aromatic rings. The van der Waals surface area contributed by atoms with Crippen molar-refractivity contribution in [2.75, 3.05) is 13.1 Å². The van der Waals surface area contributed by atoms with Crippen LogP contribution in [0.5, 0.6) is 0 Å². The van der Waals surface area contributed by atoms with Crippen LogP contribution in [-0.2, 0) is 6.54 Å². The first-order valence-corrected chi connectivity index (χ1v) is 6.88. The Balaban J connectivity index is 2.59. The molecule has 0 aromatic carbocycles. The van der Waals surface area contributed by atoms with Crippen LogP contribution in [-0.4, -0.2) is 27.8 Å². The van der Waals surface area contributed by atoms with E-state index in [0.29, 0.717) is 12.5 Å². The Morgan fingerprint density at radius 2 is 2.11 bits per heavy atom. The van der Waals surface area contributed by atoms with Gasteiger partial charge in [-0.15, -0.1) is 0 Å². The average Bonchev–Trinajstić information content (AvgIpc) is 2.84. The zero-order valence-electron chi connectivity index (χ0n) is 11.8. The molecule has 0 unspecified atom stereocenters. The molecule has 18 heavy (non-hydrogen) atoms. The molecule has 0 saturated heterocycles. The molecule has 0 bridgehead atoms. The topological polar surface area (TPSA) is 44.9 Å². The van der Waals surface area contributed by atoms with Crippen molar-refractivity contribution < 1.29 is 0 Å². The highest BCUT2D eigenvalue weighted by molar-refractivity contribution is 5.00. The zero-order valence-corrected chi connectivity index (χ0v) is 11.8. The summed E-state index contributed by atoms with van der Waals surface area (Å²) in [4.78, 5) is 2.25. The number of nitriles is 1. The van der Waals surface area contributed by atoms with Gasteiger partial charge in [-0.3, -0.25) is 9.58 Å². The van der Waals surface area contributed by atoms with E-state index in [1.807, 2.05) is 0 Å². The van der Waals surface area contributed by atoms with Gasteiger partial charge in [0, 0.05) is 25.7 Å². The molecular formula is C14H24N4. The van der Waals surface area contributed by atoms with Crippen LogP contribution in [0.3, 0.4) is 0 Å². The van der Waals surface area contributed by atoms with E-state index in [0.717, 1.165) is 38.2 Å². The number of aromatic nitrogens is 2. The van der Waals surface area contributed by atoms with Gasteiger partial charge in [0.05, 0.1) is 17.8 Å². The standard InChI is InChI=1S/C14H24N4/c1-4-14(5-2)18-11-8-13(16-18)12-17(6-3)10-7-9-15/h8,11,14H,4-7,10,12H2,1-3H3. The van der Waals surface area contributed by atoms with Crippen molar-refractivity contribution in [2.24, 2.45) is 0 Å². The van der Waals surface area contributed by atoms with Crippen LogP contribution in [0.1, 0.15) is 51.8 Å². The molecule has 1 aromatic heterocycles. The number of rotatable bonds is 8. The normalized spacial score (nSPS) is 11.1. The van der Waals surface area contributed by atoms with Crippen molar-refractivity contribution in [3.8, 4) is 6.07 Å². The summed E-state index contributed by atoms with van der Waals surface area (Å²) in [5, 5.41) is 13.3. The quantitative estimate of drug-likeness (QED) is 0.710. The van der Waals surface area contributed by atoms with E-state index >= 15 is 0 Å². The summed E-state index contributed by atoms with van der Waals surface area (Å²) in [5.74, 6) is 0. The zero-order chi connectivity index (χ0) is 13.4. The summed E-state index contributed by atoms with van der Waals surface area (Å²) in [6, 6.07) is 4.79. The Morgan fingerprint density at radius 1 is 1.39 bits per heavy atom. The summed E-state index contributed by atoms with van der Waals surface area (Å²) in [6.07, 6.45) is 4.89. The van der Waals surface area contributed by atoms with E-state index < -0.39 is 0 Å². The summed E-state index contributed by atoms with van der Waals surface area (Å²) < 4.78 is 2.08. The number of hydrogen-bond donors (Lipinski definition) is 0. The predicted octanol–water partition coefficient (Wildman–Crippen LogP) is 2.98. The van der Waals surface area contributed by atoms with Gasteiger partial charge in [-0.2, -0.15) is 10.4 Å². The molecule has 1 heterocycles. The Kier molecular flexibility index (Phi) is 6.45. The predicted molar refractivity (Wildman–Crippen MR) is 73.0 cm³/mol. The third-order valence-electron chi connectivity index (χ3n) is 3.35. The molecule has 0 N–H and O–H groups in total. The second kappa shape index (κ2) is 7.88. The summed E-state index contributed by atoms with van der Waals surface area (Å²) >= 11 is 0. The van der Waals surface area contributed by atoms with E-state index in [1.54, 1.807) is 0 Å². The smallest absolute Gasteiger partial charge is 0.0764 e. The van der Waals surface area contributed by atoms with Crippen LogP contribution >= 0.6 is 0 Å². The molecule has 0 fully saturated rings. The molecule has 1 rings (SSSR count). The van der Waals surface area contributed by atoms with E-state index in [1.165, 1.54) is 0 Å². The second-order valence-corrected chi connectivity index (χ2v) is 4.53. The van der Waals surface area contributed by atoms with Crippen molar-refractivity contribution in [1.29, 1.82) is 5.26 Å². The maximum Gasteiger partial charge on any atom is 0.0764 e. The minimum absolute atomic E-state index is 0.507. The van der Waals surface area contributed by atoms with Crippen LogP contribution in [0, 0.1) is 11.3 Å². The highest BCUT2D eigenvalue weighted by Crippen LogP contribution is 2.15. The lowest BCUT2D eigenvalue weighted by Crippen LogP contribution is -2.24. The van der Waals surface area contributed by atoms with Crippen LogP contribution < -0.4 is 0 Å². The maximum absolute atomic E-state index is 8.62. The lowest BCUT2D eigenvalue weighted by Gasteiger charge is -2.17. The average molecular weight is 248 g/mol. The molecule has 0 atom stereocenters. The van der Waals surface area contributed by atoms with Crippen LogP contribution in [0.15, 0.2) is 12.3 Å². The third kappa shape index (κ3) is 4.15. The van der Waals surface area contributed by atoms with Crippen molar-refractivity contribution in [3.63, 3.8) is 0 Å². The van der Waals surface area contributed by atoms with Crippen molar-refractivity contribution in [3.05, 3.63) is 18.0 Å². The van der Waals surface area contributed by atoms with E-state index in [4.69, 9.17) is 5.26 Å². The van der Waals surface area contributed by atoms with Gasteiger partial charge in [-0.05, 0) is 25.5 Å². The highest BCUT2D eigenvalue weighted by Gasteiger charge is 2.10. The third-order valence-corrected chi connectivity index (χ3v) is 3.35. The van der Waals surface area contributed by atoms with E-state index in [-0.39, 0.29) is 0 Å². The molecule has 0 spiro atoms. The summed E-state index contributed by atoms with van der Waals surface area (Å²) in [5.41, 5.74) is 1.10. The minimum atomic E-state index is 0.507. The Bertz CT molecular complexity index is 373. The lowest BCUT2D eigenvalue weighted by molar-refractivity contribution is 0.281. The number of hydrogen-bond acceptors (Lipinski definition) is 3. The van der Waals surface area contributed by atoms with Crippen LogP contribution in [0.4, 0.5) is 0 Å². The largest absolute Gasteiger partial charge is 0.297 e. The Hall–Kier alpha value is -1.34. The minimum Gasteiger partial charge on any atom is -0.297 e. The fourth-order valence-corrected chi connectivity index (χ4v) is 2.11. The Morgan fingerprint density at radius 3 is 2.67 bits per heavy atom. The van der Waals surface area contributed by atoms with Gasteiger partial charge in [0.15, 0.2) is 0 Å². The molecule has 100 valence electrons. The van der Waals surface area contributed by atoms with Gasteiger partial charge in [0.1, 0.15) is 0 Å². The second-order valence-electron chi connectivity index (χ2n) is 4.53. The van der Waals surface area contributed by atoms with E-state index in [9.17, 15) is 0 Å². The summed E-state index contributed by atoms with van der Waals surface area (Å²) in [6.45, 7) is 9.13. The van der Waals surface area contributed by atoms with Crippen LogP contribution in [0.25, 0.3) is 0 Å². The molecule has 0 aliphatic rings. The SMILES string of the molecule is CCC(CC)n1ccc(CN(CC)CCC#N)n1. The Labute approximate surface area is 110 Å². The molecule has 0 radical (unpaired) electrons. The number of nitrogens with zero attached hydrogens (tertiary/aromatic N) is 4. The highest BCUT2D eigenvalue weighted by atomic mass is 15.3. The molecule has 4 heteroatoms. The lowest BCUT2D eigenvalue weighted by atomic mass is 10.2. The molecular weight excluding hydrogens is 224 g/mol. The van der Waals surface area contributed by atoms with Crippen molar-refractivity contribution >= 4 is 0 Å². The van der Waals surface area contributed by atoms with Crippen molar-refractivity contribution in [1.82, 2.24) is 14.7 Å².